The Kier molecular flexibility index (Phi) is 6.44. The number of likely N-dealkylation sites (N-methyl/N-ethyl adjacent to an activating group) is 1. The van der Waals surface area contributed by atoms with E-state index in [9.17, 15) is 9.59 Å². The molecule has 0 aliphatic rings. The third kappa shape index (κ3) is 4.51. The molecule has 2 amide bonds. The van der Waals surface area contributed by atoms with Crippen molar-refractivity contribution in [1.29, 1.82) is 0 Å². The van der Waals surface area contributed by atoms with E-state index in [2.05, 4.69) is 10.6 Å². The van der Waals surface area contributed by atoms with Gasteiger partial charge in [-0.15, -0.1) is 0 Å². The summed E-state index contributed by atoms with van der Waals surface area (Å²) in [5, 5.41) is 5.12. The Morgan fingerprint density at radius 1 is 1.14 bits per heavy atom. The summed E-state index contributed by atoms with van der Waals surface area (Å²) >= 11 is 0. The lowest BCUT2D eigenvalue weighted by Crippen LogP contribution is -2.35. The third-order valence-corrected chi connectivity index (χ3v) is 2.97. The van der Waals surface area contributed by atoms with Gasteiger partial charge in [0.15, 0.2) is 11.5 Å². The first-order chi connectivity index (χ1) is 10.4. The molecule has 0 aliphatic carbocycles. The Labute approximate surface area is 130 Å². The average molecular weight is 306 g/mol. The molecular weight excluding hydrogens is 284 g/mol. The molecule has 22 heavy (non-hydrogen) atoms. The van der Waals surface area contributed by atoms with Gasteiger partial charge in [0.25, 0.3) is 5.91 Å². The molecule has 0 bridgehead atoms. The minimum absolute atomic E-state index is 0.174. The summed E-state index contributed by atoms with van der Waals surface area (Å²) in [6, 6.07) is 5.23. The fourth-order valence-electron chi connectivity index (χ4n) is 1.68. The van der Waals surface area contributed by atoms with E-state index in [-0.39, 0.29) is 23.4 Å². The molecule has 0 radical (unpaired) electrons. The largest absolute Gasteiger partial charge is 0.493 e. The van der Waals surface area contributed by atoms with Gasteiger partial charge in [0, 0.05) is 13.0 Å². The van der Waals surface area contributed by atoms with Crippen molar-refractivity contribution in [3.8, 4) is 11.5 Å². The van der Waals surface area contributed by atoms with E-state index in [1.54, 1.807) is 45.2 Å². The van der Waals surface area contributed by atoms with E-state index in [0.29, 0.717) is 17.1 Å². The zero-order chi connectivity index (χ0) is 16.7. The molecule has 0 atom stereocenters. The maximum atomic E-state index is 11.9. The smallest absolute Gasteiger partial charge is 0.267 e. The lowest BCUT2D eigenvalue weighted by atomic mass is 10.1. The van der Waals surface area contributed by atoms with E-state index in [1.165, 1.54) is 14.2 Å². The van der Waals surface area contributed by atoms with Gasteiger partial charge in [-0.1, -0.05) is 19.9 Å². The Morgan fingerprint density at radius 3 is 2.27 bits per heavy atom. The predicted molar refractivity (Wildman–Crippen MR) is 84.6 cm³/mol. The maximum Gasteiger partial charge on any atom is 0.267 e. The van der Waals surface area contributed by atoms with Crippen LogP contribution in [0.5, 0.6) is 11.5 Å². The second kappa shape index (κ2) is 8.07. The quantitative estimate of drug-likeness (QED) is 0.782. The van der Waals surface area contributed by atoms with Crippen molar-refractivity contribution in [2.45, 2.75) is 13.8 Å². The van der Waals surface area contributed by atoms with Crippen LogP contribution in [-0.2, 0) is 9.59 Å². The Bertz CT molecular complexity index is 580. The van der Waals surface area contributed by atoms with Gasteiger partial charge in [0.05, 0.1) is 14.2 Å². The monoisotopic (exact) mass is 306 g/mol. The van der Waals surface area contributed by atoms with Crippen LogP contribution in [0, 0.1) is 5.92 Å². The number of hydrogen-bond acceptors (Lipinski definition) is 4. The molecule has 0 fully saturated rings. The van der Waals surface area contributed by atoms with Crippen LogP contribution in [0.1, 0.15) is 19.4 Å². The molecule has 1 rings (SSSR count). The summed E-state index contributed by atoms with van der Waals surface area (Å²) in [6.07, 6.45) is 1.58. The second-order valence-corrected chi connectivity index (χ2v) is 4.90. The lowest BCUT2D eigenvalue weighted by molar-refractivity contribution is -0.125. The van der Waals surface area contributed by atoms with Crippen molar-refractivity contribution in [3.63, 3.8) is 0 Å². The van der Waals surface area contributed by atoms with Gasteiger partial charge in [-0.2, -0.15) is 0 Å². The van der Waals surface area contributed by atoms with Crippen LogP contribution in [0.4, 0.5) is 0 Å². The number of methoxy groups -OCH3 is 2. The Morgan fingerprint density at radius 2 is 1.77 bits per heavy atom. The van der Waals surface area contributed by atoms with Gasteiger partial charge in [0.2, 0.25) is 5.91 Å². The van der Waals surface area contributed by atoms with Crippen molar-refractivity contribution in [3.05, 3.63) is 29.5 Å². The molecule has 0 saturated carbocycles. The van der Waals surface area contributed by atoms with Crippen LogP contribution < -0.4 is 20.1 Å². The first-order valence-electron chi connectivity index (χ1n) is 6.89. The molecule has 0 saturated heterocycles. The molecule has 6 nitrogen and oxygen atoms in total. The van der Waals surface area contributed by atoms with Crippen LogP contribution in [-0.4, -0.2) is 33.1 Å². The summed E-state index contributed by atoms with van der Waals surface area (Å²) < 4.78 is 10.4. The minimum Gasteiger partial charge on any atom is -0.493 e. The summed E-state index contributed by atoms with van der Waals surface area (Å²) in [5.74, 6) is 0.313. The SMILES string of the molecule is CNC(=O)/C(=C/c1ccc(OC)c(OC)c1)NC(=O)C(C)C. The summed E-state index contributed by atoms with van der Waals surface area (Å²) in [6.45, 7) is 3.51. The lowest BCUT2D eigenvalue weighted by Gasteiger charge is -2.12. The molecule has 0 heterocycles. The first kappa shape index (κ1) is 17.6. The van der Waals surface area contributed by atoms with Crippen molar-refractivity contribution in [2.75, 3.05) is 21.3 Å². The molecule has 0 aliphatic heterocycles. The number of carbonyl (C=O) groups excluding carboxylic acids is 2. The summed E-state index contributed by atoms with van der Waals surface area (Å²) in [7, 11) is 4.59. The first-order valence-corrected chi connectivity index (χ1v) is 6.89. The Balaban J connectivity index is 3.16. The summed E-state index contributed by atoms with van der Waals surface area (Å²) in [4.78, 5) is 23.7. The van der Waals surface area contributed by atoms with Crippen molar-refractivity contribution in [1.82, 2.24) is 10.6 Å². The highest BCUT2D eigenvalue weighted by Gasteiger charge is 2.14. The number of nitrogens with one attached hydrogen (secondary N) is 2. The second-order valence-electron chi connectivity index (χ2n) is 4.90. The third-order valence-electron chi connectivity index (χ3n) is 2.97. The van der Waals surface area contributed by atoms with Gasteiger partial charge in [-0.05, 0) is 23.8 Å². The van der Waals surface area contributed by atoms with Crippen molar-refractivity contribution in [2.24, 2.45) is 5.92 Å². The Hall–Kier alpha value is -2.50. The van der Waals surface area contributed by atoms with E-state index >= 15 is 0 Å². The molecule has 0 unspecified atom stereocenters. The number of benzene rings is 1. The highest BCUT2D eigenvalue weighted by Crippen LogP contribution is 2.28. The summed E-state index contributed by atoms with van der Waals surface area (Å²) in [5.41, 5.74) is 0.883. The molecule has 2 N–H and O–H groups in total. The molecule has 6 heteroatoms. The van der Waals surface area contributed by atoms with Gasteiger partial charge in [0.1, 0.15) is 5.70 Å². The average Bonchev–Trinajstić information content (AvgIpc) is 2.52. The van der Waals surface area contributed by atoms with E-state index in [1.807, 2.05) is 0 Å². The zero-order valence-electron chi connectivity index (χ0n) is 13.5. The molecule has 0 spiro atoms. The van der Waals surface area contributed by atoms with Crippen LogP contribution in [0.15, 0.2) is 23.9 Å². The predicted octanol–water partition coefficient (Wildman–Crippen LogP) is 1.56. The maximum absolute atomic E-state index is 11.9. The highest BCUT2D eigenvalue weighted by atomic mass is 16.5. The van der Waals surface area contributed by atoms with Crippen LogP contribution in [0.2, 0.25) is 0 Å². The van der Waals surface area contributed by atoms with Crippen LogP contribution >= 0.6 is 0 Å². The van der Waals surface area contributed by atoms with Gasteiger partial charge >= 0.3 is 0 Å². The molecule has 1 aromatic rings. The topological polar surface area (TPSA) is 76.7 Å². The van der Waals surface area contributed by atoms with Crippen molar-refractivity contribution >= 4 is 17.9 Å². The highest BCUT2D eigenvalue weighted by molar-refractivity contribution is 6.01. The molecule has 120 valence electrons. The van der Waals surface area contributed by atoms with E-state index in [4.69, 9.17) is 9.47 Å². The van der Waals surface area contributed by atoms with Crippen LogP contribution in [0.3, 0.4) is 0 Å². The fraction of sp³-hybridized carbons (Fsp3) is 0.375. The molecule has 0 aromatic heterocycles. The fourth-order valence-corrected chi connectivity index (χ4v) is 1.68. The van der Waals surface area contributed by atoms with E-state index < -0.39 is 0 Å². The normalized spacial score (nSPS) is 11.1. The van der Waals surface area contributed by atoms with Gasteiger partial charge in [-0.25, -0.2) is 0 Å². The number of ether oxygens (including phenoxy) is 2. The van der Waals surface area contributed by atoms with Crippen LogP contribution in [0.25, 0.3) is 6.08 Å². The number of hydrogen-bond donors (Lipinski definition) is 2. The zero-order valence-corrected chi connectivity index (χ0v) is 13.5. The minimum atomic E-state index is -0.371. The van der Waals surface area contributed by atoms with Crippen molar-refractivity contribution < 1.29 is 19.1 Å². The van der Waals surface area contributed by atoms with Gasteiger partial charge < -0.3 is 20.1 Å². The van der Waals surface area contributed by atoms with Gasteiger partial charge in [-0.3, -0.25) is 9.59 Å². The number of rotatable bonds is 6. The molecule has 1 aromatic carbocycles. The van der Waals surface area contributed by atoms with E-state index in [0.717, 1.165) is 0 Å². The molecular formula is C16H22N2O4. The number of carbonyl (C=O) groups is 2. The standard InChI is InChI=1S/C16H22N2O4/c1-10(2)15(19)18-12(16(20)17-3)8-11-6-7-13(21-4)14(9-11)22-5/h6-10H,1-5H3,(H,17,20)(H,18,19)/b12-8-. The number of amides is 2.